The normalized spacial score (nSPS) is 10.4. The summed E-state index contributed by atoms with van der Waals surface area (Å²) in [6.07, 6.45) is 0. The van der Waals surface area contributed by atoms with Crippen LogP contribution >= 0.6 is 27.5 Å². The zero-order valence-electron chi connectivity index (χ0n) is 8.76. The van der Waals surface area contributed by atoms with Crippen molar-refractivity contribution in [1.82, 2.24) is 0 Å². The monoisotopic (exact) mass is 299 g/mol. The van der Waals surface area contributed by atoms with Crippen LogP contribution in [0.25, 0.3) is 0 Å². The van der Waals surface area contributed by atoms with E-state index in [4.69, 9.17) is 16.0 Å². The Labute approximate surface area is 108 Å². The van der Waals surface area contributed by atoms with Gasteiger partial charge in [-0.05, 0) is 54.4 Å². The highest BCUT2D eigenvalue weighted by Gasteiger charge is 2.00. The van der Waals surface area contributed by atoms with Crippen LogP contribution in [0.2, 0.25) is 5.22 Å². The lowest BCUT2D eigenvalue weighted by Gasteiger charge is -2.06. The fraction of sp³-hybridized carbons (Fsp3) is 0.167. The van der Waals surface area contributed by atoms with Crippen molar-refractivity contribution in [3.63, 3.8) is 0 Å². The maximum absolute atomic E-state index is 5.69. The topological polar surface area (TPSA) is 25.2 Å². The number of hydrogen-bond acceptors (Lipinski definition) is 2. The highest BCUT2D eigenvalue weighted by atomic mass is 79.9. The first kappa shape index (κ1) is 11.6. The van der Waals surface area contributed by atoms with E-state index in [1.165, 1.54) is 5.56 Å². The van der Waals surface area contributed by atoms with Gasteiger partial charge in [-0.2, -0.15) is 0 Å². The molecule has 0 bridgehead atoms. The van der Waals surface area contributed by atoms with Crippen LogP contribution in [0.4, 0.5) is 5.69 Å². The van der Waals surface area contributed by atoms with Crippen molar-refractivity contribution < 1.29 is 4.42 Å². The zero-order valence-corrected chi connectivity index (χ0v) is 11.1. The first-order valence-corrected chi connectivity index (χ1v) is 6.06. The van der Waals surface area contributed by atoms with Gasteiger partial charge in [0.15, 0.2) is 5.22 Å². The van der Waals surface area contributed by atoms with E-state index in [2.05, 4.69) is 40.3 Å². The Morgan fingerprint density at radius 2 is 2.12 bits per heavy atom. The Hall–Kier alpha value is -0.930. The number of nitrogens with one attached hydrogen (secondary N) is 1. The maximum atomic E-state index is 5.69. The molecule has 0 saturated heterocycles. The summed E-state index contributed by atoms with van der Waals surface area (Å²) in [5.74, 6) is 0.822. The second-order valence-electron chi connectivity index (χ2n) is 3.58. The number of hydrogen-bond donors (Lipinski definition) is 1. The van der Waals surface area contributed by atoms with E-state index in [0.29, 0.717) is 11.8 Å². The molecule has 4 heteroatoms. The molecule has 2 aromatic rings. The molecule has 2 nitrogen and oxygen atoms in total. The quantitative estimate of drug-likeness (QED) is 0.895. The van der Waals surface area contributed by atoms with Gasteiger partial charge in [0.2, 0.25) is 0 Å². The predicted octanol–water partition coefficient (Wildman–Crippen LogP) is 4.62. The van der Waals surface area contributed by atoms with Gasteiger partial charge in [-0.25, -0.2) is 0 Å². The molecule has 0 aliphatic heterocycles. The number of aryl methyl sites for hydroxylation is 1. The third-order valence-corrected chi connectivity index (χ3v) is 2.80. The molecule has 0 unspecified atom stereocenters. The molecule has 0 amide bonds. The lowest BCUT2D eigenvalue weighted by molar-refractivity contribution is 0.520. The Balaban J connectivity index is 2.04. The molecule has 16 heavy (non-hydrogen) atoms. The van der Waals surface area contributed by atoms with E-state index in [0.717, 1.165) is 15.9 Å². The minimum Gasteiger partial charge on any atom is -0.448 e. The van der Waals surface area contributed by atoms with Gasteiger partial charge in [0.25, 0.3) is 0 Å². The fourth-order valence-electron chi connectivity index (χ4n) is 1.47. The molecule has 0 saturated carbocycles. The molecule has 84 valence electrons. The Bertz CT molecular complexity index is 475. The highest BCUT2D eigenvalue weighted by molar-refractivity contribution is 9.10. The van der Waals surface area contributed by atoms with Gasteiger partial charge in [-0.3, -0.25) is 0 Å². The van der Waals surface area contributed by atoms with Crippen molar-refractivity contribution in [3.8, 4) is 0 Å². The first-order valence-electron chi connectivity index (χ1n) is 4.89. The van der Waals surface area contributed by atoms with Crippen LogP contribution in [0.1, 0.15) is 11.3 Å². The molecule has 0 fully saturated rings. The molecule has 0 radical (unpaired) electrons. The van der Waals surface area contributed by atoms with Crippen LogP contribution < -0.4 is 5.32 Å². The van der Waals surface area contributed by atoms with Crippen molar-refractivity contribution in [3.05, 3.63) is 51.3 Å². The summed E-state index contributed by atoms with van der Waals surface area (Å²) in [5, 5.41) is 3.69. The molecule has 0 aliphatic carbocycles. The van der Waals surface area contributed by atoms with E-state index in [-0.39, 0.29) is 0 Å². The minimum atomic E-state index is 0.419. The standard InChI is InChI=1S/C12H11BrClNO/c1-8-4-9(13)6-10(5-8)15-7-11-2-3-12(14)16-11/h2-6,15H,7H2,1H3. The number of benzene rings is 1. The van der Waals surface area contributed by atoms with Crippen LogP contribution in [0.5, 0.6) is 0 Å². The molecule has 1 heterocycles. The average molecular weight is 301 g/mol. The van der Waals surface area contributed by atoms with E-state index >= 15 is 0 Å². The number of halogens is 2. The molecule has 1 aromatic heterocycles. The van der Waals surface area contributed by atoms with E-state index in [9.17, 15) is 0 Å². The van der Waals surface area contributed by atoms with Crippen LogP contribution in [-0.2, 0) is 6.54 Å². The van der Waals surface area contributed by atoms with Crippen molar-refractivity contribution in [2.24, 2.45) is 0 Å². The van der Waals surface area contributed by atoms with E-state index < -0.39 is 0 Å². The summed E-state index contributed by atoms with van der Waals surface area (Å²) in [4.78, 5) is 0. The molecular formula is C12H11BrClNO. The fourth-order valence-corrected chi connectivity index (χ4v) is 2.24. The lowest BCUT2D eigenvalue weighted by atomic mass is 10.2. The predicted molar refractivity (Wildman–Crippen MR) is 69.9 cm³/mol. The van der Waals surface area contributed by atoms with Crippen molar-refractivity contribution >= 4 is 33.2 Å². The summed E-state index contributed by atoms with van der Waals surface area (Å²) >= 11 is 9.15. The van der Waals surface area contributed by atoms with Gasteiger partial charge in [-0.15, -0.1) is 0 Å². The van der Waals surface area contributed by atoms with Crippen molar-refractivity contribution in [2.45, 2.75) is 13.5 Å². The van der Waals surface area contributed by atoms with Crippen LogP contribution in [0.3, 0.4) is 0 Å². The summed E-state index contributed by atoms with van der Waals surface area (Å²) in [7, 11) is 0. The molecule has 0 spiro atoms. The van der Waals surface area contributed by atoms with Crippen molar-refractivity contribution in [2.75, 3.05) is 5.32 Å². The lowest BCUT2D eigenvalue weighted by Crippen LogP contribution is -1.98. The van der Waals surface area contributed by atoms with Gasteiger partial charge >= 0.3 is 0 Å². The second-order valence-corrected chi connectivity index (χ2v) is 4.86. The second kappa shape index (κ2) is 4.93. The molecule has 1 N–H and O–H groups in total. The van der Waals surface area contributed by atoms with Gasteiger partial charge in [0.05, 0.1) is 6.54 Å². The number of anilines is 1. The van der Waals surface area contributed by atoms with Crippen molar-refractivity contribution in [1.29, 1.82) is 0 Å². The molecule has 2 rings (SSSR count). The maximum Gasteiger partial charge on any atom is 0.193 e. The smallest absolute Gasteiger partial charge is 0.193 e. The third-order valence-electron chi connectivity index (χ3n) is 2.14. The summed E-state index contributed by atoms with van der Waals surface area (Å²) < 4.78 is 6.32. The van der Waals surface area contributed by atoms with Gasteiger partial charge in [-0.1, -0.05) is 15.9 Å². The zero-order chi connectivity index (χ0) is 11.5. The molecule has 1 aromatic carbocycles. The Morgan fingerprint density at radius 1 is 1.31 bits per heavy atom. The van der Waals surface area contributed by atoms with Crippen LogP contribution in [-0.4, -0.2) is 0 Å². The van der Waals surface area contributed by atoms with E-state index in [1.54, 1.807) is 6.07 Å². The summed E-state index contributed by atoms with van der Waals surface area (Å²) in [6, 6.07) is 9.77. The number of rotatable bonds is 3. The largest absolute Gasteiger partial charge is 0.448 e. The Morgan fingerprint density at radius 3 is 2.75 bits per heavy atom. The average Bonchev–Trinajstić information content (AvgIpc) is 2.60. The Kier molecular flexibility index (Phi) is 3.56. The van der Waals surface area contributed by atoms with Crippen LogP contribution in [0, 0.1) is 6.92 Å². The van der Waals surface area contributed by atoms with E-state index in [1.807, 2.05) is 12.1 Å². The van der Waals surface area contributed by atoms with Gasteiger partial charge in [0, 0.05) is 10.2 Å². The van der Waals surface area contributed by atoms with Gasteiger partial charge < -0.3 is 9.73 Å². The molecule has 0 atom stereocenters. The molecular weight excluding hydrogens is 289 g/mol. The number of furan rings is 1. The molecule has 0 aliphatic rings. The first-order chi connectivity index (χ1) is 7.63. The van der Waals surface area contributed by atoms with Crippen LogP contribution in [0.15, 0.2) is 39.2 Å². The summed E-state index contributed by atoms with van der Waals surface area (Å²) in [5.41, 5.74) is 2.26. The minimum absolute atomic E-state index is 0.419. The summed E-state index contributed by atoms with van der Waals surface area (Å²) in [6.45, 7) is 2.68. The highest BCUT2D eigenvalue weighted by Crippen LogP contribution is 2.20. The third kappa shape index (κ3) is 3.03. The van der Waals surface area contributed by atoms with Gasteiger partial charge in [0.1, 0.15) is 5.76 Å². The SMILES string of the molecule is Cc1cc(Br)cc(NCc2ccc(Cl)o2)c1.